The second kappa shape index (κ2) is 4.66. The zero-order chi connectivity index (χ0) is 13.4. The number of hydrogen-bond acceptors (Lipinski definition) is 5. The molecule has 2 heterocycles. The van der Waals surface area contributed by atoms with Crippen molar-refractivity contribution in [2.24, 2.45) is 11.7 Å². The molecule has 2 aromatic rings. The Kier molecular flexibility index (Phi) is 2.98. The number of hydrogen-bond donors (Lipinski definition) is 2. The van der Waals surface area contributed by atoms with Gasteiger partial charge in [-0.25, -0.2) is 0 Å². The molecule has 5 heteroatoms. The third-order valence-corrected chi connectivity index (χ3v) is 3.67. The van der Waals surface area contributed by atoms with Gasteiger partial charge in [-0.15, -0.1) is 0 Å². The van der Waals surface area contributed by atoms with Crippen LogP contribution in [0.15, 0.2) is 24.5 Å². The van der Waals surface area contributed by atoms with Crippen molar-refractivity contribution in [1.29, 1.82) is 0 Å². The van der Waals surface area contributed by atoms with Gasteiger partial charge in [0, 0.05) is 31.5 Å². The van der Waals surface area contributed by atoms with Gasteiger partial charge in [-0.1, -0.05) is 6.92 Å². The molecule has 1 aromatic heterocycles. The van der Waals surface area contributed by atoms with Crippen LogP contribution in [0.1, 0.15) is 13.3 Å². The van der Waals surface area contributed by atoms with Gasteiger partial charge in [-0.3, -0.25) is 9.97 Å². The minimum Gasteiger partial charge on any atom is -0.397 e. The van der Waals surface area contributed by atoms with E-state index in [4.69, 9.17) is 11.5 Å². The zero-order valence-electron chi connectivity index (χ0n) is 11.1. The van der Waals surface area contributed by atoms with E-state index in [1.165, 1.54) is 0 Å². The zero-order valence-corrected chi connectivity index (χ0v) is 11.1. The second-order valence-electron chi connectivity index (χ2n) is 5.43. The van der Waals surface area contributed by atoms with Crippen LogP contribution in [0.4, 0.5) is 11.4 Å². The van der Waals surface area contributed by atoms with E-state index in [2.05, 4.69) is 21.8 Å². The molecule has 19 heavy (non-hydrogen) atoms. The molecule has 100 valence electrons. The summed E-state index contributed by atoms with van der Waals surface area (Å²) in [6.45, 7) is 4.10. The lowest BCUT2D eigenvalue weighted by Gasteiger charge is -2.36. The van der Waals surface area contributed by atoms with Crippen LogP contribution < -0.4 is 16.4 Å². The summed E-state index contributed by atoms with van der Waals surface area (Å²) < 4.78 is 0. The Bertz CT molecular complexity index is 587. The maximum Gasteiger partial charge on any atom is 0.114 e. The molecule has 1 aliphatic heterocycles. The molecule has 0 saturated carbocycles. The minimum atomic E-state index is 0.216. The van der Waals surface area contributed by atoms with Gasteiger partial charge >= 0.3 is 0 Å². The van der Waals surface area contributed by atoms with E-state index < -0.39 is 0 Å². The number of fused-ring (bicyclic) bond motifs is 1. The Morgan fingerprint density at radius 3 is 2.63 bits per heavy atom. The lowest BCUT2D eigenvalue weighted by Crippen LogP contribution is -2.46. The third-order valence-electron chi connectivity index (χ3n) is 3.67. The predicted molar refractivity (Wildman–Crippen MR) is 77.9 cm³/mol. The number of anilines is 2. The van der Waals surface area contributed by atoms with Gasteiger partial charge in [0.1, 0.15) is 11.0 Å². The van der Waals surface area contributed by atoms with Crippen molar-refractivity contribution in [3.05, 3.63) is 24.5 Å². The van der Waals surface area contributed by atoms with E-state index >= 15 is 0 Å². The van der Waals surface area contributed by atoms with Crippen LogP contribution in [0, 0.1) is 5.92 Å². The van der Waals surface area contributed by atoms with Gasteiger partial charge in [0.15, 0.2) is 0 Å². The first-order valence-corrected chi connectivity index (χ1v) is 6.65. The van der Waals surface area contributed by atoms with Crippen molar-refractivity contribution in [2.75, 3.05) is 23.7 Å². The van der Waals surface area contributed by atoms with E-state index in [0.717, 1.165) is 36.2 Å². The Balaban J connectivity index is 2.07. The molecule has 2 atom stereocenters. The molecule has 1 aliphatic rings. The fourth-order valence-electron chi connectivity index (χ4n) is 2.91. The van der Waals surface area contributed by atoms with Crippen LogP contribution in [-0.2, 0) is 0 Å². The summed E-state index contributed by atoms with van der Waals surface area (Å²) in [4.78, 5) is 11.1. The molecule has 3 rings (SSSR count). The first kappa shape index (κ1) is 12.2. The van der Waals surface area contributed by atoms with Crippen molar-refractivity contribution < 1.29 is 0 Å². The Labute approximate surface area is 112 Å². The Morgan fingerprint density at radius 2 is 1.89 bits per heavy atom. The average Bonchev–Trinajstić information content (AvgIpc) is 2.38. The number of aromatic nitrogens is 2. The van der Waals surface area contributed by atoms with Gasteiger partial charge in [-0.05, 0) is 24.5 Å². The van der Waals surface area contributed by atoms with E-state index in [1.807, 2.05) is 12.1 Å². The van der Waals surface area contributed by atoms with Crippen molar-refractivity contribution in [1.82, 2.24) is 9.97 Å². The fraction of sp³-hybridized carbons (Fsp3) is 0.429. The van der Waals surface area contributed by atoms with Gasteiger partial charge in [0.05, 0.1) is 11.4 Å². The fourth-order valence-corrected chi connectivity index (χ4v) is 2.91. The van der Waals surface area contributed by atoms with Gasteiger partial charge in [0.2, 0.25) is 0 Å². The third kappa shape index (κ3) is 2.21. The molecule has 0 amide bonds. The molecule has 0 aliphatic carbocycles. The first-order chi connectivity index (χ1) is 9.15. The van der Waals surface area contributed by atoms with E-state index in [1.54, 1.807) is 12.4 Å². The summed E-state index contributed by atoms with van der Waals surface area (Å²) in [7, 11) is 0. The smallest absolute Gasteiger partial charge is 0.114 e. The quantitative estimate of drug-likeness (QED) is 0.754. The highest BCUT2D eigenvalue weighted by molar-refractivity contribution is 5.95. The maximum atomic E-state index is 6.12. The molecule has 1 fully saturated rings. The summed E-state index contributed by atoms with van der Waals surface area (Å²) in [6.07, 6.45) is 4.46. The second-order valence-corrected chi connectivity index (χ2v) is 5.43. The molecule has 5 nitrogen and oxygen atoms in total. The summed E-state index contributed by atoms with van der Waals surface area (Å²) in [6, 6.07) is 4.14. The van der Waals surface area contributed by atoms with Crippen LogP contribution in [0.3, 0.4) is 0 Å². The molecular weight excluding hydrogens is 238 g/mol. The normalized spacial score (nSPS) is 23.8. The minimum absolute atomic E-state index is 0.216. The molecule has 1 saturated heterocycles. The van der Waals surface area contributed by atoms with Crippen molar-refractivity contribution in [2.45, 2.75) is 19.4 Å². The number of nitrogen functional groups attached to an aromatic ring is 1. The number of nitrogens with zero attached hydrogens (tertiary/aromatic N) is 3. The van der Waals surface area contributed by atoms with Gasteiger partial charge < -0.3 is 16.4 Å². The van der Waals surface area contributed by atoms with E-state index in [-0.39, 0.29) is 6.04 Å². The van der Waals surface area contributed by atoms with Crippen LogP contribution in [0.5, 0.6) is 0 Å². The highest BCUT2D eigenvalue weighted by atomic mass is 15.2. The highest BCUT2D eigenvalue weighted by Crippen LogP contribution is 2.30. The Hall–Kier alpha value is -1.88. The number of piperidine rings is 1. The monoisotopic (exact) mass is 257 g/mol. The standard InChI is InChI=1S/C14H19N5/c1-9-6-10(15)8-19(7-9)12-3-2-11(16)13-14(12)18-5-4-17-13/h2-5,9-10H,6-8,15-16H2,1H3/t9-,10+/m0/s1. The number of nitrogens with two attached hydrogens (primary N) is 2. The van der Waals surface area contributed by atoms with Gasteiger partial charge in [-0.2, -0.15) is 0 Å². The lowest BCUT2D eigenvalue weighted by atomic mass is 9.96. The van der Waals surface area contributed by atoms with Crippen molar-refractivity contribution >= 4 is 22.4 Å². The summed E-state index contributed by atoms with van der Waals surface area (Å²) in [5.41, 5.74) is 15.5. The molecule has 0 radical (unpaired) electrons. The van der Waals surface area contributed by atoms with Crippen molar-refractivity contribution in [3.8, 4) is 0 Å². The van der Waals surface area contributed by atoms with E-state index in [0.29, 0.717) is 11.6 Å². The van der Waals surface area contributed by atoms with Crippen LogP contribution in [-0.4, -0.2) is 29.1 Å². The molecule has 4 N–H and O–H groups in total. The Morgan fingerprint density at radius 1 is 1.16 bits per heavy atom. The molecule has 1 aromatic carbocycles. The SMILES string of the molecule is C[C@H]1C[C@@H](N)CN(c2ccc(N)c3nccnc23)C1. The summed E-state index contributed by atoms with van der Waals surface area (Å²) in [5, 5.41) is 0. The molecular formula is C14H19N5. The highest BCUT2D eigenvalue weighted by Gasteiger charge is 2.24. The first-order valence-electron chi connectivity index (χ1n) is 6.65. The van der Waals surface area contributed by atoms with Crippen molar-refractivity contribution in [3.63, 3.8) is 0 Å². The molecule has 0 bridgehead atoms. The van der Waals surface area contributed by atoms with E-state index in [9.17, 15) is 0 Å². The number of rotatable bonds is 1. The maximum absolute atomic E-state index is 6.12. The largest absolute Gasteiger partial charge is 0.397 e. The molecule has 0 unspecified atom stereocenters. The summed E-state index contributed by atoms with van der Waals surface area (Å²) in [5.74, 6) is 0.591. The lowest BCUT2D eigenvalue weighted by molar-refractivity contribution is 0.402. The average molecular weight is 257 g/mol. The van der Waals surface area contributed by atoms with Gasteiger partial charge in [0.25, 0.3) is 0 Å². The predicted octanol–water partition coefficient (Wildman–Crippen LogP) is 1.39. The van der Waals surface area contributed by atoms with Crippen LogP contribution >= 0.6 is 0 Å². The topological polar surface area (TPSA) is 81.1 Å². The summed E-state index contributed by atoms with van der Waals surface area (Å²) >= 11 is 0. The van der Waals surface area contributed by atoms with Crippen LogP contribution in [0.2, 0.25) is 0 Å². The molecule has 0 spiro atoms. The van der Waals surface area contributed by atoms with Crippen LogP contribution in [0.25, 0.3) is 11.0 Å². The number of benzene rings is 1.